The van der Waals surface area contributed by atoms with Crippen LogP contribution >= 0.6 is 34.8 Å². The van der Waals surface area contributed by atoms with Crippen molar-refractivity contribution in [2.24, 2.45) is 5.92 Å². The van der Waals surface area contributed by atoms with Crippen LogP contribution in [0.3, 0.4) is 0 Å². The van der Waals surface area contributed by atoms with Gasteiger partial charge in [-0.2, -0.15) is 5.26 Å². The fraction of sp³-hybridized carbons (Fsp3) is 0.308. The fourth-order valence-corrected chi connectivity index (χ4v) is 2.88. The summed E-state index contributed by atoms with van der Waals surface area (Å²) in [5, 5.41) is 11.3. The molecule has 1 heterocycles. The van der Waals surface area contributed by atoms with E-state index in [1.54, 1.807) is 12.1 Å². The zero-order valence-electron chi connectivity index (χ0n) is 9.97. The molecule has 0 N–H and O–H groups in total. The van der Waals surface area contributed by atoms with Gasteiger partial charge in [0.15, 0.2) is 0 Å². The topological polar surface area (TPSA) is 28.7 Å². The van der Waals surface area contributed by atoms with Crippen LogP contribution in [-0.2, 0) is 6.54 Å². The Balaban J connectivity index is 2.86. The van der Waals surface area contributed by atoms with Gasteiger partial charge in [0.2, 0.25) is 0 Å². The predicted octanol–water partition coefficient (Wildman–Crippen LogP) is 5.13. The molecule has 0 saturated heterocycles. The van der Waals surface area contributed by atoms with E-state index in [4.69, 9.17) is 34.8 Å². The normalized spacial score (nSPS) is 11.2. The molecular weight excluding hydrogens is 291 g/mol. The highest BCUT2D eigenvalue weighted by molar-refractivity contribution is 6.40. The van der Waals surface area contributed by atoms with Crippen LogP contribution in [0, 0.1) is 17.2 Å². The average molecular weight is 302 g/mol. The number of aromatic nitrogens is 1. The van der Waals surface area contributed by atoms with Gasteiger partial charge in [0.05, 0.1) is 16.1 Å². The van der Waals surface area contributed by atoms with Gasteiger partial charge in [-0.05, 0) is 18.1 Å². The Morgan fingerprint density at radius 3 is 2.50 bits per heavy atom. The largest absolute Gasteiger partial charge is 0.330 e. The third-order valence-corrected chi connectivity index (χ3v) is 3.59. The lowest BCUT2D eigenvalue weighted by molar-refractivity contribution is 0.535. The summed E-state index contributed by atoms with van der Waals surface area (Å²) in [5.41, 5.74) is 1.22. The Kier molecular flexibility index (Phi) is 3.77. The van der Waals surface area contributed by atoms with Gasteiger partial charge in [-0.3, -0.25) is 0 Å². The number of rotatable bonds is 2. The predicted molar refractivity (Wildman–Crippen MR) is 76.5 cm³/mol. The second-order valence-corrected chi connectivity index (χ2v) is 5.77. The molecule has 18 heavy (non-hydrogen) atoms. The van der Waals surface area contributed by atoms with Gasteiger partial charge in [-0.25, -0.2) is 0 Å². The van der Waals surface area contributed by atoms with Gasteiger partial charge in [0, 0.05) is 17.0 Å². The molecule has 0 bridgehead atoms. The molecule has 1 aromatic carbocycles. The van der Waals surface area contributed by atoms with Gasteiger partial charge in [0.1, 0.15) is 11.2 Å². The zero-order chi connectivity index (χ0) is 13.4. The van der Waals surface area contributed by atoms with Gasteiger partial charge in [0.25, 0.3) is 0 Å². The first-order valence-corrected chi connectivity index (χ1v) is 6.66. The Labute approximate surface area is 121 Å². The molecule has 0 unspecified atom stereocenters. The van der Waals surface area contributed by atoms with Crippen LogP contribution in [0.25, 0.3) is 10.9 Å². The van der Waals surface area contributed by atoms with Crippen molar-refractivity contribution in [3.63, 3.8) is 0 Å². The van der Waals surface area contributed by atoms with Gasteiger partial charge < -0.3 is 4.57 Å². The molecule has 0 radical (unpaired) electrons. The molecule has 0 atom stereocenters. The van der Waals surface area contributed by atoms with Crippen molar-refractivity contribution in [2.75, 3.05) is 0 Å². The first-order valence-electron chi connectivity index (χ1n) is 5.52. The summed E-state index contributed by atoms with van der Waals surface area (Å²) in [7, 11) is 0. The number of halogens is 3. The molecule has 2 rings (SSSR count). The van der Waals surface area contributed by atoms with Crippen LogP contribution in [0.1, 0.15) is 19.4 Å². The van der Waals surface area contributed by atoms with Crippen LogP contribution in [0.2, 0.25) is 15.2 Å². The van der Waals surface area contributed by atoms with Crippen molar-refractivity contribution < 1.29 is 0 Å². The SMILES string of the molecule is CC(C)Cn1c(Cl)c(C#N)c2c(Cl)cc(Cl)cc21. The number of hydrogen-bond donors (Lipinski definition) is 0. The molecule has 94 valence electrons. The third-order valence-electron chi connectivity index (χ3n) is 2.68. The zero-order valence-corrected chi connectivity index (χ0v) is 12.2. The first-order chi connectivity index (χ1) is 8.45. The molecule has 0 fully saturated rings. The molecular formula is C13H11Cl3N2. The lowest BCUT2D eigenvalue weighted by atomic mass is 10.2. The molecule has 1 aromatic heterocycles. The summed E-state index contributed by atoms with van der Waals surface area (Å²) in [6.45, 7) is 4.88. The molecule has 0 aliphatic heterocycles. The molecule has 5 heteroatoms. The molecule has 0 spiro atoms. The van der Waals surface area contributed by atoms with Crippen molar-refractivity contribution in [2.45, 2.75) is 20.4 Å². The molecule has 2 aromatic rings. The first kappa shape index (κ1) is 13.5. The van der Waals surface area contributed by atoms with Crippen molar-refractivity contribution in [3.05, 3.63) is 32.9 Å². The van der Waals surface area contributed by atoms with Gasteiger partial charge >= 0.3 is 0 Å². The van der Waals surface area contributed by atoms with Crippen LogP contribution in [-0.4, -0.2) is 4.57 Å². The van der Waals surface area contributed by atoms with Crippen LogP contribution in [0.15, 0.2) is 12.1 Å². The monoisotopic (exact) mass is 300 g/mol. The number of nitriles is 1. The fourth-order valence-electron chi connectivity index (χ4n) is 2.01. The Bertz CT molecular complexity index is 651. The second kappa shape index (κ2) is 5.01. The van der Waals surface area contributed by atoms with E-state index in [9.17, 15) is 5.26 Å². The van der Waals surface area contributed by atoms with Gasteiger partial charge in [-0.1, -0.05) is 48.7 Å². The van der Waals surface area contributed by atoms with E-state index in [2.05, 4.69) is 19.9 Å². The number of fused-ring (bicyclic) bond motifs is 1. The summed E-state index contributed by atoms with van der Waals surface area (Å²) in [6, 6.07) is 5.53. The summed E-state index contributed by atoms with van der Waals surface area (Å²) in [5.74, 6) is 0.405. The third kappa shape index (κ3) is 2.19. The highest BCUT2D eigenvalue weighted by atomic mass is 35.5. The molecule has 2 nitrogen and oxygen atoms in total. The van der Waals surface area contributed by atoms with Crippen molar-refractivity contribution >= 4 is 45.7 Å². The Morgan fingerprint density at radius 2 is 1.94 bits per heavy atom. The maximum absolute atomic E-state index is 9.22. The minimum absolute atomic E-state index is 0.405. The van der Waals surface area contributed by atoms with E-state index in [0.717, 1.165) is 5.52 Å². The number of hydrogen-bond acceptors (Lipinski definition) is 1. The molecule has 0 saturated carbocycles. The second-order valence-electron chi connectivity index (χ2n) is 4.56. The highest BCUT2D eigenvalue weighted by Crippen LogP contribution is 2.36. The van der Waals surface area contributed by atoms with Gasteiger partial charge in [-0.15, -0.1) is 0 Å². The average Bonchev–Trinajstić information content (AvgIpc) is 2.52. The highest BCUT2D eigenvalue weighted by Gasteiger charge is 2.19. The van der Waals surface area contributed by atoms with E-state index >= 15 is 0 Å². The van der Waals surface area contributed by atoms with Crippen LogP contribution in [0.4, 0.5) is 0 Å². The van der Waals surface area contributed by atoms with E-state index < -0.39 is 0 Å². The molecule has 0 amide bonds. The quantitative estimate of drug-likeness (QED) is 0.756. The standard InChI is InChI=1S/C13H11Cl3N2/c1-7(2)6-18-11-4-8(14)3-10(15)12(11)9(5-17)13(18)16/h3-4,7H,6H2,1-2H3. The summed E-state index contributed by atoms with van der Waals surface area (Å²) in [6.07, 6.45) is 0. The Morgan fingerprint density at radius 1 is 1.28 bits per heavy atom. The summed E-state index contributed by atoms with van der Waals surface area (Å²) >= 11 is 18.4. The van der Waals surface area contributed by atoms with E-state index in [-0.39, 0.29) is 0 Å². The van der Waals surface area contributed by atoms with E-state index in [0.29, 0.717) is 38.6 Å². The maximum atomic E-state index is 9.22. The smallest absolute Gasteiger partial charge is 0.128 e. The van der Waals surface area contributed by atoms with Crippen molar-refractivity contribution in [1.29, 1.82) is 5.26 Å². The molecule has 0 aliphatic rings. The van der Waals surface area contributed by atoms with Crippen LogP contribution < -0.4 is 0 Å². The van der Waals surface area contributed by atoms with E-state index in [1.165, 1.54) is 0 Å². The maximum Gasteiger partial charge on any atom is 0.128 e. The summed E-state index contributed by atoms with van der Waals surface area (Å²) in [4.78, 5) is 0. The molecule has 0 aliphatic carbocycles. The summed E-state index contributed by atoms with van der Waals surface area (Å²) < 4.78 is 1.89. The van der Waals surface area contributed by atoms with Crippen molar-refractivity contribution in [3.8, 4) is 6.07 Å². The van der Waals surface area contributed by atoms with Crippen LogP contribution in [0.5, 0.6) is 0 Å². The minimum Gasteiger partial charge on any atom is -0.330 e. The minimum atomic E-state index is 0.405. The Hall–Kier alpha value is -0.880. The lowest BCUT2D eigenvalue weighted by Gasteiger charge is -2.10. The number of nitrogens with zero attached hydrogens (tertiary/aromatic N) is 2. The number of benzene rings is 1. The van der Waals surface area contributed by atoms with E-state index in [1.807, 2.05) is 4.57 Å². The van der Waals surface area contributed by atoms with Crippen molar-refractivity contribution in [1.82, 2.24) is 4.57 Å². The lowest BCUT2D eigenvalue weighted by Crippen LogP contribution is -2.04.